The van der Waals surface area contributed by atoms with Gasteiger partial charge in [0.05, 0.1) is 34.1 Å². The van der Waals surface area contributed by atoms with E-state index in [0.29, 0.717) is 21.4 Å². The summed E-state index contributed by atoms with van der Waals surface area (Å²) in [5, 5.41) is 0.991. The van der Waals surface area contributed by atoms with Gasteiger partial charge in [-0.15, -0.1) is 0 Å². The highest BCUT2D eigenvalue weighted by Crippen LogP contribution is 2.37. The summed E-state index contributed by atoms with van der Waals surface area (Å²) in [6.07, 6.45) is 6.53. The van der Waals surface area contributed by atoms with E-state index < -0.39 is 5.91 Å². The zero-order valence-electron chi connectivity index (χ0n) is 16.7. The number of hydrogen-bond acceptors (Lipinski definition) is 6. The first-order valence-corrected chi connectivity index (χ1v) is 11.5. The molecule has 1 amide bonds. The van der Waals surface area contributed by atoms with Crippen molar-refractivity contribution in [3.05, 3.63) is 65.1 Å². The molecule has 31 heavy (non-hydrogen) atoms. The predicted octanol–water partition coefficient (Wildman–Crippen LogP) is 4.92. The lowest BCUT2D eigenvalue weighted by Crippen LogP contribution is -2.42. The van der Waals surface area contributed by atoms with Crippen LogP contribution in [0.2, 0.25) is 5.02 Å². The number of hydrogen-bond donors (Lipinski definition) is 0. The summed E-state index contributed by atoms with van der Waals surface area (Å²) < 4.78 is 6.69. The van der Waals surface area contributed by atoms with Crippen molar-refractivity contribution in [2.45, 2.75) is 38.3 Å². The summed E-state index contributed by atoms with van der Waals surface area (Å²) >= 11 is 7.66. The molecule has 1 aliphatic heterocycles. The van der Waals surface area contributed by atoms with Crippen LogP contribution in [-0.2, 0) is 20.9 Å². The Hall–Kier alpha value is -2.77. The lowest BCUT2D eigenvalue weighted by atomic mass is 9.80. The van der Waals surface area contributed by atoms with Crippen molar-refractivity contribution in [2.24, 2.45) is 5.92 Å². The van der Waals surface area contributed by atoms with Gasteiger partial charge in [0, 0.05) is 6.20 Å². The fraction of sp³-hybridized carbons (Fsp3) is 0.304. The molecule has 2 unspecified atom stereocenters. The Morgan fingerprint density at radius 2 is 2.06 bits per heavy atom. The van der Waals surface area contributed by atoms with E-state index in [1.807, 2.05) is 30.3 Å². The van der Waals surface area contributed by atoms with Crippen LogP contribution in [-0.4, -0.2) is 27.8 Å². The molecule has 0 bridgehead atoms. The predicted molar refractivity (Wildman–Crippen MR) is 120 cm³/mol. The Bertz CT molecular complexity index is 1180. The molecule has 3 heterocycles. The molecule has 2 aromatic heterocycles. The number of benzene rings is 1. The molecule has 0 N–H and O–H groups in total. The van der Waals surface area contributed by atoms with E-state index >= 15 is 0 Å². The van der Waals surface area contributed by atoms with Gasteiger partial charge in [-0.2, -0.15) is 0 Å². The topological polar surface area (TPSA) is 72.4 Å². The minimum absolute atomic E-state index is 0.0736. The van der Waals surface area contributed by atoms with Gasteiger partial charge in [0.2, 0.25) is 0 Å². The van der Waals surface area contributed by atoms with Crippen LogP contribution in [0.4, 0.5) is 5.13 Å². The summed E-state index contributed by atoms with van der Waals surface area (Å²) in [7, 11) is 0. The monoisotopic (exact) mass is 453 g/mol. The molecule has 2 aliphatic rings. The van der Waals surface area contributed by atoms with E-state index in [0.717, 1.165) is 30.4 Å². The van der Waals surface area contributed by atoms with Crippen LogP contribution in [0.5, 0.6) is 0 Å². The maximum atomic E-state index is 13.6. The first-order chi connectivity index (χ1) is 15.1. The summed E-state index contributed by atoms with van der Waals surface area (Å²) in [5.74, 6) is -0.805. The van der Waals surface area contributed by atoms with Gasteiger partial charge in [0.15, 0.2) is 10.9 Å². The Morgan fingerprint density at radius 1 is 1.19 bits per heavy atom. The van der Waals surface area contributed by atoms with Crippen molar-refractivity contribution < 1.29 is 14.3 Å². The largest absolute Gasteiger partial charge is 0.496 e. The number of rotatable bonds is 4. The number of ketones is 1. The van der Waals surface area contributed by atoms with E-state index in [9.17, 15) is 9.59 Å². The molecule has 0 radical (unpaired) electrons. The van der Waals surface area contributed by atoms with Crippen molar-refractivity contribution in [3.63, 3.8) is 0 Å². The molecule has 5 rings (SSSR count). The number of para-hydroxylation sites is 1. The molecule has 1 aliphatic carbocycles. The quantitative estimate of drug-likeness (QED) is 0.524. The second-order valence-corrected chi connectivity index (χ2v) is 9.17. The molecule has 3 aromatic rings. The smallest absolute Gasteiger partial charge is 0.267 e. The van der Waals surface area contributed by atoms with E-state index in [4.69, 9.17) is 16.3 Å². The van der Waals surface area contributed by atoms with Gasteiger partial charge in [-0.25, -0.2) is 4.98 Å². The molecule has 6 nitrogen and oxygen atoms in total. The van der Waals surface area contributed by atoms with E-state index in [-0.39, 0.29) is 29.9 Å². The Morgan fingerprint density at radius 3 is 2.87 bits per heavy atom. The van der Waals surface area contributed by atoms with Crippen molar-refractivity contribution in [1.82, 2.24) is 9.97 Å². The third-order valence-electron chi connectivity index (χ3n) is 5.78. The van der Waals surface area contributed by atoms with Crippen LogP contribution < -0.4 is 4.90 Å². The molecule has 0 spiro atoms. The van der Waals surface area contributed by atoms with Crippen LogP contribution in [0, 0.1) is 5.92 Å². The average Bonchev–Trinajstić information content (AvgIpc) is 3.24. The Kier molecular flexibility index (Phi) is 5.46. The first-order valence-electron chi connectivity index (χ1n) is 10.3. The highest BCUT2D eigenvalue weighted by atomic mass is 35.5. The summed E-state index contributed by atoms with van der Waals surface area (Å²) in [5.41, 5.74) is 1.40. The highest BCUT2D eigenvalue weighted by Gasteiger charge is 2.41. The summed E-state index contributed by atoms with van der Waals surface area (Å²) in [6, 6.07) is 11.0. The van der Waals surface area contributed by atoms with E-state index in [1.54, 1.807) is 12.3 Å². The normalized spacial score (nSPS) is 20.7. The van der Waals surface area contributed by atoms with Crippen molar-refractivity contribution in [3.8, 4) is 0 Å². The molecular weight excluding hydrogens is 434 g/mol. The van der Waals surface area contributed by atoms with E-state index in [2.05, 4.69) is 9.97 Å². The SMILES string of the molecule is O=C1C(C(=O)N(Cc2ccccn2)c2nc3c(Cl)cccc3s2)=COC2CCCCC12. The maximum Gasteiger partial charge on any atom is 0.267 e. The first kappa shape index (κ1) is 20.2. The second-order valence-electron chi connectivity index (χ2n) is 7.76. The number of carbonyl (C=O) groups is 2. The van der Waals surface area contributed by atoms with Gasteiger partial charge in [0.25, 0.3) is 5.91 Å². The third kappa shape index (κ3) is 3.83. The molecular formula is C23H20ClN3O3S. The summed E-state index contributed by atoms with van der Waals surface area (Å²) in [6.45, 7) is 0.190. The van der Waals surface area contributed by atoms with Crippen LogP contribution in [0.3, 0.4) is 0 Å². The Balaban J connectivity index is 1.53. The number of halogens is 1. The fourth-order valence-electron chi connectivity index (χ4n) is 4.17. The van der Waals surface area contributed by atoms with Crippen LogP contribution in [0.25, 0.3) is 10.2 Å². The number of carbonyl (C=O) groups excluding carboxylic acids is 2. The van der Waals surface area contributed by atoms with Crippen LogP contribution in [0.15, 0.2) is 54.4 Å². The van der Waals surface area contributed by atoms with Gasteiger partial charge in [-0.1, -0.05) is 41.5 Å². The van der Waals surface area contributed by atoms with Gasteiger partial charge in [-0.3, -0.25) is 19.5 Å². The van der Waals surface area contributed by atoms with Crippen molar-refractivity contribution >= 4 is 50.0 Å². The number of pyridine rings is 1. The van der Waals surface area contributed by atoms with Gasteiger partial charge in [-0.05, 0) is 43.5 Å². The zero-order chi connectivity index (χ0) is 21.4. The van der Waals surface area contributed by atoms with Crippen molar-refractivity contribution in [1.29, 1.82) is 0 Å². The molecule has 1 aromatic carbocycles. The third-order valence-corrected chi connectivity index (χ3v) is 7.13. The minimum atomic E-state index is -0.421. The van der Waals surface area contributed by atoms with Crippen LogP contribution >= 0.6 is 22.9 Å². The van der Waals surface area contributed by atoms with Gasteiger partial charge in [0.1, 0.15) is 17.2 Å². The maximum absolute atomic E-state index is 13.6. The van der Waals surface area contributed by atoms with E-state index in [1.165, 1.54) is 22.5 Å². The lowest BCUT2D eigenvalue weighted by Gasteiger charge is -2.34. The second kappa shape index (κ2) is 8.40. The summed E-state index contributed by atoms with van der Waals surface area (Å²) in [4.78, 5) is 37.2. The number of anilines is 1. The number of thiazole rings is 1. The molecule has 1 fully saturated rings. The number of fused-ring (bicyclic) bond motifs is 2. The number of ether oxygens (including phenoxy) is 1. The number of nitrogens with zero attached hydrogens (tertiary/aromatic N) is 3. The highest BCUT2D eigenvalue weighted by molar-refractivity contribution is 7.22. The molecule has 158 valence electrons. The molecule has 1 saturated carbocycles. The van der Waals surface area contributed by atoms with Gasteiger partial charge >= 0.3 is 0 Å². The van der Waals surface area contributed by atoms with Gasteiger partial charge < -0.3 is 4.74 Å². The lowest BCUT2D eigenvalue weighted by molar-refractivity contribution is -0.130. The number of amides is 1. The number of Topliss-reactive ketones (excluding diaryl/α,β-unsaturated/α-hetero) is 1. The minimum Gasteiger partial charge on any atom is -0.496 e. The number of aromatic nitrogens is 2. The molecule has 2 atom stereocenters. The average molecular weight is 454 g/mol. The fourth-order valence-corrected chi connectivity index (χ4v) is 5.44. The zero-order valence-corrected chi connectivity index (χ0v) is 18.2. The Labute approximate surface area is 188 Å². The standard InChI is InChI=1S/C23H20ClN3O3S/c24-17-8-5-10-19-20(17)26-23(31-19)27(12-14-6-3-4-11-25-14)22(29)16-13-30-18-9-2-1-7-15(18)21(16)28/h3-6,8,10-11,13,15,18H,1-2,7,9,12H2. The molecule has 8 heteroatoms. The van der Waals surface area contributed by atoms with Crippen molar-refractivity contribution in [2.75, 3.05) is 4.90 Å². The molecule has 0 saturated heterocycles. The van der Waals surface area contributed by atoms with Crippen LogP contribution in [0.1, 0.15) is 31.4 Å².